The number of carbonyl (C=O) groups excluding carboxylic acids is 2. The molecule has 0 aliphatic carbocycles. The third kappa shape index (κ3) is 2.57. The maximum Gasteiger partial charge on any atom is 0.261 e. The van der Waals surface area contributed by atoms with E-state index in [1.807, 2.05) is 13.8 Å². The number of halogens is 1. The first-order valence-corrected chi connectivity index (χ1v) is 6.28. The van der Waals surface area contributed by atoms with Gasteiger partial charge in [-0.05, 0) is 30.0 Å². The molecule has 1 heterocycles. The predicted molar refractivity (Wildman–Crippen MR) is 70.5 cm³/mol. The van der Waals surface area contributed by atoms with Crippen LogP contribution in [0.5, 0.6) is 0 Å². The Morgan fingerprint density at radius 2 is 1.74 bits per heavy atom. The monoisotopic (exact) mass is 261 g/mol. The fourth-order valence-electron chi connectivity index (χ4n) is 2.25. The summed E-state index contributed by atoms with van der Waals surface area (Å²) in [5.41, 5.74) is 1.26. The van der Waals surface area contributed by atoms with Gasteiger partial charge in [-0.1, -0.05) is 26.0 Å². The molecule has 3 nitrogen and oxygen atoms in total. The van der Waals surface area contributed by atoms with Gasteiger partial charge < -0.3 is 0 Å². The standard InChI is InChI=1S/C15H16FNO2/c1-10(2)7-11(8-16)9-17-14(18)12-5-3-4-6-13(12)15(17)19/h3-6,8,10H,7,9H2,1-2H3. The van der Waals surface area contributed by atoms with Crippen molar-refractivity contribution in [1.29, 1.82) is 0 Å². The minimum absolute atomic E-state index is 0.0288. The van der Waals surface area contributed by atoms with Crippen LogP contribution in [-0.4, -0.2) is 23.3 Å². The third-order valence-electron chi connectivity index (χ3n) is 3.06. The van der Waals surface area contributed by atoms with E-state index in [9.17, 15) is 14.0 Å². The van der Waals surface area contributed by atoms with E-state index in [4.69, 9.17) is 0 Å². The van der Waals surface area contributed by atoms with Crippen molar-refractivity contribution in [3.05, 3.63) is 47.3 Å². The number of carbonyl (C=O) groups is 2. The van der Waals surface area contributed by atoms with Crippen LogP contribution in [-0.2, 0) is 0 Å². The van der Waals surface area contributed by atoms with Crippen LogP contribution in [0.15, 0.2) is 36.2 Å². The second kappa shape index (κ2) is 5.34. The molecule has 1 aliphatic heterocycles. The Kier molecular flexibility index (Phi) is 3.79. The van der Waals surface area contributed by atoms with Crippen molar-refractivity contribution >= 4 is 11.8 Å². The van der Waals surface area contributed by atoms with Crippen molar-refractivity contribution in [2.24, 2.45) is 5.92 Å². The second-order valence-electron chi connectivity index (χ2n) is 5.11. The zero-order valence-corrected chi connectivity index (χ0v) is 11.0. The molecule has 0 aromatic heterocycles. The topological polar surface area (TPSA) is 37.4 Å². The first-order chi connectivity index (χ1) is 9.04. The Bertz CT molecular complexity index is 514. The Morgan fingerprint density at radius 1 is 1.21 bits per heavy atom. The summed E-state index contributed by atoms with van der Waals surface area (Å²) in [7, 11) is 0. The maximum atomic E-state index is 12.8. The molecular formula is C15H16FNO2. The van der Waals surface area contributed by atoms with Crippen LogP contribution < -0.4 is 0 Å². The Labute approximate surface area is 111 Å². The van der Waals surface area contributed by atoms with E-state index < -0.39 is 0 Å². The minimum Gasteiger partial charge on any atom is -0.270 e. The van der Waals surface area contributed by atoms with E-state index in [-0.39, 0.29) is 24.3 Å². The lowest BCUT2D eigenvalue weighted by atomic mass is 10.0. The minimum atomic E-state index is -0.344. The van der Waals surface area contributed by atoms with Crippen LogP contribution >= 0.6 is 0 Å². The second-order valence-corrected chi connectivity index (χ2v) is 5.11. The molecule has 0 atom stereocenters. The summed E-state index contributed by atoms with van der Waals surface area (Å²) in [4.78, 5) is 25.3. The van der Waals surface area contributed by atoms with Gasteiger partial charge in [-0.3, -0.25) is 14.5 Å². The fraction of sp³-hybridized carbons (Fsp3) is 0.333. The lowest BCUT2D eigenvalue weighted by molar-refractivity contribution is 0.0666. The first-order valence-electron chi connectivity index (χ1n) is 6.28. The number of hydrogen-bond acceptors (Lipinski definition) is 2. The normalized spacial score (nSPS) is 15.4. The summed E-state index contributed by atoms with van der Waals surface area (Å²) in [6, 6.07) is 6.68. The summed E-state index contributed by atoms with van der Waals surface area (Å²) < 4.78 is 12.8. The van der Waals surface area contributed by atoms with E-state index in [0.717, 1.165) is 4.90 Å². The summed E-state index contributed by atoms with van der Waals surface area (Å²) >= 11 is 0. The molecule has 100 valence electrons. The molecule has 0 saturated heterocycles. The van der Waals surface area contributed by atoms with Gasteiger partial charge in [0.15, 0.2) is 0 Å². The largest absolute Gasteiger partial charge is 0.270 e. The molecule has 2 rings (SSSR count). The summed E-state index contributed by atoms with van der Waals surface area (Å²) in [6.07, 6.45) is 1.04. The molecule has 0 fully saturated rings. The third-order valence-corrected chi connectivity index (χ3v) is 3.06. The van der Waals surface area contributed by atoms with Crippen molar-refractivity contribution in [2.75, 3.05) is 6.54 Å². The number of benzene rings is 1. The number of rotatable bonds is 4. The van der Waals surface area contributed by atoms with Crippen molar-refractivity contribution in [3.63, 3.8) is 0 Å². The number of fused-ring (bicyclic) bond motifs is 1. The van der Waals surface area contributed by atoms with E-state index in [2.05, 4.69) is 0 Å². The van der Waals surface area contributed by atoms with Gasteiger partial charge in [0.25, 0.3) is 11.8 Å². The molecule has 0 unspecified atom stereocenters. The highest BCUT2D eigenvalue weighted by Crippen LogP contribution is 2.24. The van der Waals surface area contributed by atoms with Crippen LogP contribution in [0.1, 0.15) is 41.0 Å². The van der Waals surface area contributed by atoms with Gasteiger partial charge in [0.05, 0.1) is 24.0 Å². The van der Waals surface area contributed by atoms with Crippen LogP contribution in [0.4, 0.5) is 4.39 Å². The van der Waals surface area contributed by atoms with Crippen molar-refractivity contribution < 1.29 is 14.0 Å². The molecule has 0 spiro atoms. The van der Waals surface area contributed by atoms with Gasteiger partial charge >= 0.3 is 0 Å². The van der Waals surface area contributed by atoms with Gasteiger partial charge in [-0.15, -0.1) is 0 Å². The average molecular weight is 261 g/mol. The Morgan fingerprint density at radius 3 is 2.16 bits per heavy atom. The average Bonchev–Trinajstić information content (AvgIpc) is 2.63. The van der Waals surface area contributed by atoms with Crippen molar-refractivity contribution in [1.82, 2.24) is 4.90 Å². The van der Waals surface area contributed by atoms with E-state index in [0.29, 0.717) is 29.5 Å². The van der Waals surface area contributed by atoms with Crippen LogP contribution in [0.2, 0.25) is 0 Å². The van der Waals surface area contributed by atoms with Crippen molar-refractivity contribution in [2.45, 2.75) is 20.3 Å². The highest BCUT2D eigenvalue weighted by molar-refractivity contribution is 6.21. The van der Waals surface area contributed by atoms with E-state index >= 15 is 0 Å². The maximum absolute atomic E-state index is 12.8. The number of hydrogen-bond donors (Lipinski definition) is 0. The Balaban J connectivity index is 2.20. The lowest BCUT2D eigenvalue weighted by Gasteiger charge is -2.16. The van der Waals surface area contributed by atoms with Crippen molar-refractivity contribution in [3.8, 4) is 0 Å². The quantitative estimate of drug-likeness (QED) is 0.781. The molecule has 2 amide bonds. The van der Waals surface area contributed by atoms with Crippen LogP contribution in [0.25, 0.3) is 0 Å². The number of nitrogens with zero attached hydrogens (tertiary/aromatic N) is 1. The summed E-state index contributed by atoms with van der Waals surface area (Å²) in [5, 5.41) is 0. The molecule has 1 aliphatic rings. The molecule has 0 saturated carbocycles. The smallest absolute Gasteiger partial charge is 0.261 e. The molecule has 1 aromatic carbocycles. The highest BCUT2D eigenvalue weighted by atomic mass is 19.1. The Hall–Kier alpha value is -1.97. The van der Waals surface area contributed by atoms with E-state index in [1.165, 1.54) is 0 Å². The highest BCUT2D eigenvalue weighted by Gasteiger charge is 2.35. The molecule has 1 aromatic rings. The molecule has 0 bridgehead atoms. The van der Waals surface area contributed by atoms with Crippen LogP contribution in [0, 0.1) is 5.92 Å². The van der Waals surface area contributed by atoms with Gasteiger partial charge in [-0.2, -0.15) is 0 Å². The van der Waals surface area contributed by atoms with Crippen LogP contribution in [0.3, 0.4) is 0 Å². The summed E-state index contributed by atoms with van der Waals surface area (Å²) in [6.45, 7) is 3.96. The number of amides is 2. The summed E-state index contributed by atoms with van der Waals surface area (Å²) in [5.74, 6) is -0.412. The van der Waals surface area contributed by atoms with Gasteiger partial charge in [-0.25, -0.2) is 4.39 Å². The number of imide groups is 1. The molecule has 0 N–H and O–H groups in total. The molecular weight excluding hydrogens is 245 g/mol. The van der Waals surface area contributed by atoms with Gasteiger partial charge in [0.2, 0.25) is 0 Å². The van der Waals surface area contributed by atoms with Gasteiger partial charge in [0.1, 0.15) is 0 Å². The molecule has 19 heavy (non-hydrogen) atoms. The zero-order valence-electron chi connectivity index (χ0n) is 11.0. The fourth-order valence-corrected chi connectivity index (χ4v) is 2.25. The molecule has 0 radical (unpaired) electrons. The molecule has 4 heteroatoms. The SMILES string of the molecule is CC(C)CC(=CF)CN1C(=O)c2ccccc2C1=O. The lowest BCUT2D eigenvalue weighted by Crippen LogP contribution is -2.31. The first kappa shape index (κ1) is 13.5. The van der Waals surface area contributed by atoms with E-state index in [1.54, 1.807) is 24.3 Å². The van der Waals surface area contributed by atoms with Gasteiger partial charge in [0, 0.05) is 0 Å². The zero-order chi connectivity index (χ0) is 14.0. The predicted octanol–water partition coefficient (Wildman–Crippen LogP) is 3.18.